The van der Waals surface area contributed by atoms with Crippen LogP contribution in [-0.4, -0.2) is 10.8 Å². The second-order valence-electron chi connectivity index (χ2n) is 7.74. The van der Waals surface area contributed by atoms with Crippen molar-refractivity contribution < 1.29 is 14.3 Å². The maximum Gasteiger partial charge on any atom is 0.496 e. The molecule has 168 valence electrons. The molecule has 0 fully saturated rings. The van der Waals surface area contributed by atoms with Gasteiger partial charge < -0.3 is 5.32 Å². The normalized spacial score (nSPS) is 11.3. The summed E-state index contributed by atoms with van der Waals surface area (Å²) in [5.41, 5.74) is -0.0245. The molecule has 1 N–H and O–H groups in total. The molecular formula is C22H35ClN2O4P+. The van der Waals surface area contributed by atoms with Crippen LogP contribution < -0.4 is 10.6 Å². The fourth-order valence-electron chi connectivity index (χ4n) is 3.41. The highest BCUT2D eigenvalue weighted by Crippen LogP contribution is 2.31. The van der Waals surface area contributed by atoms with Gasteiger partial charge in [-0.3, -0.25) is 14.9 Å². The Balaban J connectivity index is 2.16. The van der Waals surface area contributed by atoms with E-state index in [9.17, 15) is 19.5 Å². The lowest BCUT2D eigenvalue weighted by molar-refractivity contribution is -0.384. The number of benzene rings is 1. The Labute approximate surface area is 185 Å². The van der Waals surface area contributed by atoms with Crippen molar-refractivity contribution in [2.45, 2.75) is 96.8 Å². The molecule has 0 aliphatic carbocycles. The van der Waals surface area contributed by atoms with Gasteiger partial charge >= 0.3 is 7.15 Å². The summed E-state index contributed by atoms with van der Waals surface area (Å²) in [7, 11) is -2.23. The van der Waals surface area contributed by atoms with Gasteiger partial charge in [0.1, 0.15) is 5.69 Å². The van der Waals surface area contributed by atoms with Crippen molar-refractivity contribution in [3.63, 3.8) is 0 Å². The average molecular weight is 458 g/mol. The summed E-state index contributed by atoms with van der Waals surface area (Å²) in [5, 5.41) is 13.7. The number of unbranched alkanes of at least 4 members (excludes halogenated alkanes) is 12. The smallest absolute Gasteiger partial charge is 0.322 e. The number of carbonyl (C=O) groups excluding carboxylic acids is 1. The number of carbonyl (C=O) groups is 1. The standard InChI is InChI=1S/C22H34ClN2O4P/c1-2-3-4-5-6-7-8-9-10-11-12-13-14-15-22(26)24-20-18-19(25(27)28)16-17-21(20)30(23)29/h16-18H,2-15H2,1H3/p+1. The van der Waals surface area contributed by atoms with E-state index >= 15 is 0 Å². The van der Waals surface area contributed by atoms with E-state index in [1.54, 1.807) is 0 Å². The van der Waals surface area contributed by atoms with Crippen LogP contribution in [0.1, 0.15) is 96.8 Å². The molecule has 0 spiro atoms. The van der Waals surface area contributed by atoms with Crippen LogP contribution in [0.4, 0.5) is 11.4 Å². The molecule has 8 heteroatoms. The molecule has 1 aromatic rings. The summed E-state index contributed by atoms with van der Waals surface area (Å²) in [6.45, 7) is 2.24. The minimum absolute atomic E-state index is 0.153. The minimum Gasteiger partial charge on any atom is -0.322 e. The SMILES string of the molecule is CCCCCCCCCCCCCCCC(=O)Nc1cc([N+](=O)[O-])ccc1[P+](=O)Cl. The third-order valence-corrected chi connectivity index (χ3v) is 6.48. The van der Waals surface area contributed by atoms with Crippen LogP contribution in [-0.2, 0) is 9.36 Å². The van der Waals surface area contributed by atoms with E-state index in [4.69, 9.17) is 11.2 Å². The zero-order valence-corrected chi connectivity index (χ0v) is 19.7. The highest BCUT2D eigenvalue weighted by Gasteiger charge is 2.25. The lowest BCUT2D eigenvalue weighted by atomic mass is 10.0. The first-order chi connectivity index (χ1) is 14.5. The number of hydrogen-bond acceptors (Lipinski definition) is 4. The maximum absolute atomic E-state index is 12.2. The van der Waals surface area contributed by atoms with E-state index in [0.717, 1.165) is 19.3 Å². The first-order valence-corrected chi connectivity index (χ1v) is 13.3. The lowest BCUT2D eigenvalue weighted by Gasteiger charge is -2.06. The minimum atomic E-state index is -2.23. The zero-order chi connectivity index (χ0) is 22.2. The largest absolute Gasteiger partial charge is 0.496 e. The molecule has 1 aromatic carbocycles. The van der Waals surface area contributed by atoms with E-state index in [1.165, 1.54) is 82.4 Å². The number of amides is 1. The fourth-order valence-corrected chi connectivity index (χ4v) is 4.35. The lowest BCUT2D eigenvalue weighted by Crippen LogP contribution is -2.16. The van der Waals surface area contributed by atoms with Crippen LogP contribution in [0.25, 0.3) is 0 Å². The summed E-state index contributed by atoms with van der Waals surface area (Å²) in [6, 6.07) is 3.75. The van der Waals surface area contributed by atoms with Crippen LogP contribution in [0.3, 0.4) is 0 Å². The first-order valence-electron chi connectivity index (χ1n) is 11.2. The molecule has 0 radical (unpaired) electrons. The number of non-ortho nitro benzene ring substituents is 1. The van der Waals surface area contributed by atoms with E-state index < -0.39 is 12.1 Å². The molecule has 0 aliphatic heterocycles. The van der Waals surface area contributed by atoms with Crippen LogP contribution in [0.15, 0.2) is 18.2 Å². The number of anilines is 1. The Morgan fingerprint density at radius 1 is 0.967 bits per heavy atom. The summed E-state index contributed by atoms with van der Waals surface area (Å²) < 4.78 is 11.6. The zero-order valence-electron chi connectivity index (χ0n) is 18.0. The highest BCUT2D eigenvalue weighted by atomic mass is 35.7. The predicted molar refractivity (Wildman–Crippen MR) is 125 cm³/mol. The monoisotopic (exact) mass is 457 g/mol. The molecule has 1 amide bonds. The molecule has 6 nitrogen and oxygen atoms in total. The number of nitrogens with zero attached hydrogens (tertiary/aromatic N) is 1. The third-order valence-electron chi connectivity index (χ3n) is 5.16. The van der Waals surface area contributed by atoms with Crippen molar-refractivity contribution in [1.82, 2.24) is 0 Å². The molecule has 1 unspecified atom stereocenters. The second-order valence-corrected chi connectivity index (χ2v) is 9.64. The molecule has 0 bridgehead atoms. The van der Waals surface area contributed by atoms with Crippen LogP contribution in [0.2, 0.25) is 0 Å². The molecule has 1 atom stereocenters. The van der Waals surface area contributed by atoms with Crippen LogP contribution >= 0.6 is 18.4 Å². The molecule has 1 rings (SSSR count). The van der Waals surface area contributed by atoms with Gasteiger partial charge in [0.2, 0.25) is 22.5 Å². The highest BCUT2D eigenvalue weighted by molar-refractivity contribution is 7.80. The van der Waals surface area contributed by atoms with E-state index in [1.807, 2.05) is 0 Å². The Hall–Kier alpha value is -1.52. The van der Waals surface area contributed by atoms with Crippen molar-refractivity contribution in [3.8, 4) is 0 Å². The van der Waals surface area contributed by atoms with Gasteiger partial charge in [0.15, 0.2) is 0 Å². The average Bonchev–Trinajstić information content (AvgIpc) is 2.71. The van der Waals surface area contributed by atoms with Crippen molar-refractivity contribution >= 4 is 41.0 Å². The van der Waals surface area contributed by atoms with Gasteiger partial charge in [-0.15, -0.1) is 0 Å². The van der Waals surface area contributed by atoms with Gasteiger partial charge in [-0.1, -0.05) is 84.0 Å². The van der Waals surface area contributed by atoms with Gasteiger partial charge in [0.25, 0.3) is 5.69 Å². The number of nitro groups is 1. The molecule has 0 saturated carbocycles. The molecule has 0 saturated heterocycles. The Morgan fingerprint density at radius 2 is 1.47 bits per heavy atom. The predicted octanol–water partition coefficient (Wildman–Crippen LogP) is 7.62. The Morgan fingerprint density at radius 3 is 1.93 bits per heavy atom. The number of hydrogen-bond donors (Lipinski definition) is 1. The van der Waals surface area contributed by atoms with Gasteiger partial charge in [-0.05, 0) is 11.0 Å². The van der Waals surface area contributed by atoms with Gasteiger partial charge in [-0.25, -0.2) is 0 Å². The van der Waals surface area contributed by atoms with Crippen molar-refractivity contribution in [2.24, 2.45) is 0 Å². The number of nitrogens with one attached hydrogen (secondary N) is 1. The number of halogens is 1. The molecule has 0 aromatic heterocycles. The van der Waals surface area contributed by atoms with Gasteiger partial charge in [-0.2, -0.15) is 0 Å². The molecule has 0 heterocycles. The van der Waals surface area contributed by atoms with Crippen molar-refractivity contribution in [3.05, 3.63) is 28.3 Å². The summed E-state index contributed by atoms with van der Waals surface area (Å²) in [6.07, 6.45) is 16.4. The maximum atomic E-state index is 12.2. The summed E-state index contributed by atoms with van der Waals surface area (Å²) in [5.74, 6) is -0.242. The van der Waals surface area contributed by atoms with Crippen LogP contribution in [0, 0.1) is 10.1 Å². The number of rotatable bonds is 17. The number of nitro benzene ring substituents is 1. The first kappa shape index (κ1) is 26.5. The molecule has 0 aliphatic rings. The third kappa shape index (κ3) is 11.6. The van der Waals surface area contributed by atoms with E-state index in [2.05, 4.69) is 12.2 Å². The van der Waals surface area contributed by atoms with Crippen molar-refractivity contribution in [1.29, 1.82) is 0 Å². The second kappa shape index (κ2) is 16.2. The van der Waals surface area contributed by atoms with E-state index in [0.29, 0.717) is 6.42 Å². The Kier molecular flexibility index (Phi) is 14.3. The Bertz CT molecular complexity index is 685. The van der Waals surface area contributed by atoms with Crippen LogP contribution in [0.5, 0.6) is 0 Å². The molecular weight excluding hydrogens is 423 g/mol. The summed E-state index contributed by atoms with van der Waals surface area (Å²) in [4.78, 5) is 22.5. The van der Waals surface area contributed by atoms with E-state index in [-0.39, 0.29) is 22.6 Å². The van der Waals surface area contributed by atoms with Gasteiger partial charge in [0.05, 0.1) is 4.92 Å². The molecule has 30 heavy (non-hydrogen) atoms. The topological polar surface area (TPSA) is 89.3 Å². The summed E-state index contributed by atoms with van der Waals surface area (Å²) >= 11 is 5.65. The van der Waals surface area contributed by atoms with Crippen molar-refractivity contribution in [2.75, 3.05) is 5.32 Å². The fraction of sp³-hybridized carbons (Fsp3) is 0.682. The quantitative estimate of drug-likeness (QED) is 0.113. The van der Waals surface area contributed by atoms with Gasteiger partial charge in [0, 0.05) is 24.6 Å².